The van der Waals surface area contributed by atoms with E-state index < -0.39 is 0 Å². The molecule has 0 radical (unpaired) electrons. The molecule has 0 heterocycles. The van der Waals surface area contributed by atoms with Gasteiger partial charge in [0.05, 0.1) is 0 Å². The van der Waals surface area contributed by atoms with Gasteiger partial charge in [0, 0.05) is 0 Å². The molecule has 0 N–H and O–H groups in total. The monoisotopic (exact) mass is 596 g/mol. The zero-order chi connectivity index (χ0) is 18.2. The maximum atomic E-state index is 8.00. The number of hydrogen-bond donors (Lipinski definition) is 0. The fourth-order valence-corrected chi connectivity index (χ4v) is 1.15. The van der Waals surface area contributed by atoms with Crippen molar-refractivity contribution in [1.29, 1.82) is 0 Å². The van der Waals surface area contributed by atoms with Gasteiger partial charge < -0.3 is 19.6 Å². The minimum atomic E-state index is 0. The SMILES string of the molecule is C=C.C=O.CC(C)C.CCCCCCC.Cc1cc[c-]cc1.[CH3-].[CH3-].[No]. The normalized spacial score (nSPS) is 6.84. The van der Waals surface area contributed by atoms with Crippen LogP contribution in [0.3, 0.4) is 0 Å². The quantitative estimate of drug-likeness (QED) is 0.196. The molecule has 1 aromatic carbocycles. The molecule has 0 aromatic heterocycles. The van der Waals surface area contributed by atoms with Crippen molar-refractivity contribution in [2.45, 2.75) is 73.6 Å². The third-order valence-corrected chi connectivity index (χ3v) is 2.09. The first-order chi connectivity index (χ1) is 10.5. The molecule has 160 valence electrons. The Morgan fingerprint density at radius 1 is 0.880 bits per heavy atom. The maximum Gasteiger partial charge on any atom is 0.106 e. The number of benzene rings is 1. The van der Waals surface area contributed by atoms with Crippen LogP contribution in [-0.2, 0) is 4.79 Å². The number of carbonyl (C=O) groups excluding carboxylic acids is 1. The fourth-order valence-electron chi connectivity index (χ4n) is 1.15. The van der Waals surface area contributed by atoms with Crippen molar-refractivity contribution in [1.82, 2.24) is 0 Å². The average molecular weight is 597 g/mol. The summed E-state index contributed by atoms with van der Waals surface area (Å²) >= 11 is 0. The average Bonchev–Trinajstić information content (AvgIpc) is 2.53. The molecule has 0 saturated carbocycles. The molecule has 1 nitrogen and oxygen atoms in total. The Hall–Kier alpha value is -2.37. The van der Waals surface area contributed by atoms with Gasteiger partial charge in [0.2, 0.25) is 0 Å². The number of unbranched alkanes of at least 4 members (excludes halogenated alkanes) is 4. The molecule has 0 aliphatic rings. The van der Waals surface area contributed by atoms with E-state index in [0.717, 1.165) is 5.92 Å². The molecule has 25 heavy (non-hydrogen) atoms. The molecule has 2 heteroatoms. The van der Waals surface area contributed by atoms with Crippen LogP contribution in [0.5, 0.6) is 0 Å². The summed E-state index contributed by atoms with van der Waals surface area (Å²) in [5, 5.41) is 0. The first-order valence-corrected chi connectivity index (χ1v) is 8.26. The van der Waals surface area contributed by atoms with Crippen molar-refractivity contribution in [3.05, 3.63) is 63.9 Å². The summed E-state index contributed by atoms with van der Waals surface area (Å²) in [5.41, 5.74) is 1.29. The fraction of sp³-hybridized carbons (Fsp3) is 0.522. The van der Waals surface area contributed by atoms with Crippen LogP contribution in [-0.4, -0.2) is 6.79 Å². The van der Waals surface area contributed by atoms with Crippen molar-refractivity contribution >= 4 is 6.79 Å². The van der Waals surface area contributed by atoms with E-state index in [1.165, 1.54) is 37.7 Å². The van der Waals surface area contributed by atoms with E-state index in [1.807, 2.05) is 31.1 Å². The Bertz CT molecular complexity index is 251. The molecule has 0 saturated heterocycles. The van der Waals surface area contributed by atoms with E-state index in [0.29, 0.717) is 0 Å². The van der Waals surface area contributed by atoms with Crippen LogP contribution in [0.15, 0.2) is 37.4 Å². The van der Waals surface area contributed by atoms with Gasteiger partial charge in [0.1, 0.15) is 6.79 Å². The molecule has 0 bridgehead atoms. The molecule has 1 aromatic rings. The van der Waals surface area contributed by atoms with E-state index in [-0.39, 0.29) is 14.9 Å². The summed E-state index contributed by atoms with van der Waals surface area (Å²) in [4.78, 5) is 8.00. The molecular weight excluding hydrogens is 551 g/mol. The smallest absolute Gasteiger partial charge is 0.106 e. The number of carbonyl (C=O) groups is 1. The Morgan fingerprint density at radius 3 is 1.32 bits per heavy atom. The minimum Gasteiger partial charge on any atom is -0.358 e. The summed E-state index contributed by atoms with van der Waals surface area (Å²) < 4.78 is 0. The Balaban J connectivity index is -0.0000000343. The number of rotatable bonds is 4. The summed E-state index contributed by atoms with van der Waals surface area (Å²) in [5.74, 6) is 0.833. The van der Waals surface area contributed by atoms with E-state index in [4.69, 9.17) is 4.79 Å². The van der Waals surface area contributed by atoms with Gasteiger partial charge in [-0.05, 0) is 5.92 Å². The van der Waals surface area contributed by atoms with Gasteiger partial charge in [0.15, 0.2) is 0 Å². The molecule has 0 spiro atoms. The van der Waals surface area contributed by atoms with E-state index >= 15 is 0 Å². The van der Waals surface area contributed by atoms with E-state index in [9.17, 15) is 0 Å². The predicted octanol–water partition coefficient (Wildman–Crippen LogP) is 7.95. The van der Waals surface area contributed by atoms with Crippen molar-refractivity contribution in [2.75, 3.05) is 0 Å². The number of aryl methyl sites for hydroxylation is 1. The van der Waals surface area contributed by atoms with Gasteiger partial charge >= 0.3 is 0 Å². The molecule has 0 aliphatic carbocycles. The van der Waals surface area contributed by atoms with Gasteiger partial charge in [-0.15, -0.1) is 13.2 Å². The number of hydrogen-bond acceptors (Lipinski definition) is 1. The van der Waals surface area contributed by atoms with E-state index in [1.54, 1.807) is 0 Å². The molecular formula is C23H45NoO-3. The van der Waals surface area contributed by atoms with Crippen LogP contribution in [0.1, 0.15) is 72.3 Å². The van der Waals surface area contributed by atoms with Gasteiger partial charge in [-0.25, -0.2) is 0 Å². The summed E-state index contributed by atoms with van der Waals surface area (Å²) in [6, 6.07) is 10.8. The van der Waals surface area contributed by atoms with Crippen molar-refractivity contribution < 1.29 is 4.79 Å². The molecule has 0 aliphatic heterocycles. The first-order valence-electron chi connectivity index (χ1n) is 8.26. The summed E-state index contributed by atoms with van der Waals surface area (Å²) in [6.45, 7) is 21.1. The van der Waals surface area contributed by atoms with Crippen LogP contribution < -0.4 is 0 Å². The Morgan fingerprint density at radius 2 is 1.16 bits per heavy atom. The second-order valence-corrected chi connectivity index (χ2v) is 5.37. The third-order valence-electron chi connectivity index (χ3n) is 2.09. The van der Waals surface area contributed by atoms with E-state index in [2.05, 4.69) is 60.8 Å². The zero-order valence-electron chi connectivity index (χ0n) is 18.2. The van der Waals surface area contributed by atoms with Crippen molar-refractivity contribution in [2.24, 2.45) is 5.92 Å². The van der Waals surface area contributed by atoms with Gasteiger partial charge in [-0.1, -0.05) is 73.6 Å². The second kappa shape index (κ2) is 49.6. The largest absolute Gasteiger partial charge is 0.358 e. The van der Waals surface area contributed by atoms with Gasteiger partial charge in [0.25, 0.3) is 0 Å². The van der Waals surface area contributed by atoms with Crippen LogP contribution in [0.25, 0.3) is 0 Å². The van der Waals surface area contributed by atoms with Crippen LogP contribution in [0.2, 0.25) is 0 Å². The van der Waals surface area contributed by atoms with Crippen LogP contribution >= 0.6 is 0 Å². The third kappa shape index (κ3) is 89.9. The summed E-state index contributed by atoms with van der Waals surface area (Å²) in [7, 11) is 0. The maximum absolute atomic E-state index is 8.00. The van der Waals surface area contributed by atoms with Crippen LogP contribution in [0.4, 0.5) is 0 Å². The Kier molecular flexibility index (Phi) is 85.9. The summed E-state index contributed by atoms with van der Waals surface area (Å²) in [6.07, 6.45) is 7.01. The molecule has 0 atom stereocenters. The van der Waals surface area contributed by atoms with Crippen LogP contribution in [0, 0.1) is 33.8 Å². The predicted molar refractivity (Wildman–Crippen MR) is 116 cm³/mol. The van der Waals surface area contributed by atoms with Crippen molar-refractivity contribution in [3.8, 4) is 0 Å². The first kappa shape index (κ1) is 43.3. The minimum absolute atomic E-state index is 0. The molecule has 0 amide bonds. The standard InChI is InChI=1S/C7H7.C7H16.C4H10.C2H4.CH2O.2CH3.No/c1-7-5-3-2-4-6-7;1-3-5-7-6-4-2;1-4(2)3;2*1-2;;;/h3-6H,1H3;3-7H2,1-2H3;4H,1-3H3;1-2H2;1H2;2*1H3;/q-1;;;;;2*-1;. The molecule has 1 rings (SSSR count). The molecule has 0 fully saturated rings. The molecule has 0 unspecified atom stereocenters. The van der Waals surface area contributed by atoms with Crippen molar-refractivity contribution in [3.63, 3.8) is 0 Å². The van der Waals surface area contributed by atoms with Gasteiger partial charge in [-0.2, -0.15) is 35.9 Å². The Labute approximate surface area is 155 Å². The second-order valence-electron chi connectivity index (χ2n) is 5.37. The van der Waals surface area contributed by atoms with Gasteiger partial charge in [-0.3, -0.25) is 0 Å². The topological polar surface area (TPSA) is 17.1 Å². The zero-order valence-corrected chi connectivity index (χ0v) is 20.4.